The Balaban J connectivity index is 1.83. The molecule has 2 aliphatic rings. The summed E-state index contributed by atoms with van der Waals surface area (Å²) in [5.74, 6) is -0.152. The molecule has 2 saturated heterocycles. The molecule has 0 amide bonds. The van der Waals surface area contributed by atoms with Crippen molar-refractivity contribution in [3.8, 4) is 0 Å². The number of hydrogen-bond donors (Lipinski definition) is 1. The van der Waals surface area contributed by atoms with E-state index in [1.807, 2.05) is 6.07 Å². The molecule has 1 aromatic rings. The van der Waals surface area contributed by atoms with Crippen molar-refractivity contribution in [1.29, 1.82) is 0 Å². The second kappa shape index (κ2) is 6.73. The Kier molecular flexibility index (Phi) is 4.94. The summed E-state index contributed by atoms with van der Waals surface area (Å²) >= 11 is 3.44. The Labute approximate surface area is 134 Å². The topological polar surface area (TPSA) is 32.5 Å². The quantitative estimate of drug-likeness (QED) is 0.904. The molecule has 0 aromatic heterocycles. The van der Waals surface area contributed by atoms with Crippen LogP contribution < -0.4 is 5.73 Å². The highest BCUT2D eigenvalue weighted by Crippen LogP contribution is 2.29. The van der Waals surface area contributed by atoms with Crippen LogP contribution >= 0.6 is 15.9 Å². The predicted molar refractivity (Wildman–Crippen MR) is 86.7 cm³/mol. The molecule has 21 heavy (non-hydrogen) atoms. The molecule has 2 unspecified atom stereocenters. The minimum Gasteiger partial charge on any atom is -0.329 e. The van der Waals surface area contributed by atoms with Crippen molar-refractivity contribution in [2.45, 2.75) is 31.3 Å². The molecule has 0 radical (unpaired) electrons. The first-order valence-corrected chi connectivity index (χ1v) is 8.61. The van der Waals surface area contributed by atoms with E-state index in [1.165, 1.54) is 32.0 Å². The van der Waals surface area contributed by atoms with Crippen molar-refractivity contribution in [3.63, 3.8) is 0 Å². The highest BCUT2D eigenvalue weighted by atomic mass is 79.9. The summed E-state index contributed by atoms with van der Waals surface area (Å²) in [5.41, 5.74) is 6.73. The second-order valence-corrected chi connectivity index (χ2v) is 7.01. The van der Waals surface area contributed by atoms with E-state index >= 15 is 0 Å². The minimum absolute atomic E-state index is 0.0250. The lowest BCUT2D eigenvalue weighted by molar-refractivity contribution is 0.173. The van der Waals surface area contributed by atoms with Crippen LogP contribution in [0.25, 0.3) is 0 Å². The molecule has 5 heteroatoms. The Morgan fingerprint density at radius 2 is 2.10 bits per heavy atom. The molecular formula is C16H23BrFN3. The van der Waals surface area contributed by atoms with Gasteiger partial charge in [0.15, 0.2) is 0 Å². The summed E-state index contributed by atoms with van der Waals surface area (Å²) in [6, 6.07) is 5.75. The summed E-state index contributed by atoms with van der Waals surface area (Å²) in [6.45, 7) is 4.85. The first-order valence-electron chi connectivity index (χ1n) is 7.82. The van der Waals surface area contributed by atoms with E-state index in [-0.39, 0.29) is 11.9 Å². The fourth-order valence-electron chi connectivity index (χ4n) is 3.76. The van der Waals surface area contributed by atoms with Gasteiger partial charge in [-0.15, -0.1) is 0 Å². The highest BCUT2D eigenvalue weighted by Gasteiger charge is 2.32. The molecule has 0 saturated carbocycles. The zero-order chi connectivity index (χ0) is 14.8. The third kappa shape index (κ3) is 3.31. The number of fused-ring (bicyclic) bond motifs is 1. The van der Waals surface area contributed by atoms with Crippen molar-refractivity contribution in [3.05, 3.63) is 34.1 Å². The maximum atomic E-state index is 14.2. The Morgan fingerprint density at radius 3 is 2.90 bits per heavy atom. The summed E-state index contributed by atoms with van der Waals surface area (Å²) in [5, 5.41) is 0. The van der Waals surface area contributed by atoms with Gasteiger partial charge in [0.2, 0.25) is 0 Å². The lowest BCUT2D eigenvalue weighted by atomic mass is 10.0. The molecule has 0 spiro atoms. The van der Waals surface area contributed by atoms with Gasteiger partial charge in [-0.1, -0.05) is 15.9 Å². The molecule has 3 nitrogen and oxygen atoms in total. The SMILES string of the molecule is NCC(c1cc(Br)ccc1F)N1CCCN2CCCC2C1. The van der Waals surface area contributed by atoms with Gasteiger partial charge in [-0.3, -0.25) is 9.80 Å². The van der Waals surface area contributed by atoms with Crippen LogP contribution in [0, 0.1) is 5.82 Å². The lowest BCUT2D eigenvalue weighted by Gasteiger charge is -2.32. The highest BCUT2D eigenvalue weighted by molar-refractivity contribution is 9.10. The van der Waals surface area contributed by atoms with Gasteiger partial charge in [0.1, 0.15) is 5.82 Å². The molecule has 1 aromatic carbocycles. The Morgan fingerprint density at radius 1 is 1.29 bits per heavy atom. The molecule has 2 heterocycles. The molecule has 2 atom stereocenters. The average Bonchev–Trinajstić information content (AvgIpc) is 2.81. The monoisotopic (exact) mass is 355 g/mol. The van der Waals surface area contributed by atoms with Crippen LogP contribution in [0.2, 0.25) is 0 Å². The van der Waals surface area contributed by atoms with E-state index in [9.17, 15) is 4.39 Å². The van der Waals surface area contributed by atoms with Crippen molar-refractivity contribution < 1.29 is 4.39 Å². The molecule has 0 aliphatic carbocycles. The maximum absolute atomic E-state index is 14.2. The van der Waals surface area contributed by atoms with Gasteiger partial charge in [0.25, 0.3) is 0 Å². The lowest BCUT2D eigenvalue weighted by Crippen LogP contribution is -2.41. The number of benzene rings is 1. The third-order valence-electron chi connectivity index (χ3n) is 4.82. The molecule has 2 fully saturated rings. The van der Waals surface area contributed by atoms with E-state index in [1.54, 1.807) is 6.07 Å². The second-order valence-electron chi connectivity index (χ2n) is 6.10. The Bertz CT molecular complexity index is 496. The zero-order valence-electron chi connectivity index (χ0n) is 12.3. The summed E-state index contributed by atoms with van der Waals surface area (Å²) in [4.78, 5) is 4.98. The molecule has 2 aliphatic heterocycles. The molecule has 116 valence electrons. The number of nitrogens with zero attached hydrogens (tertiary/aromatic N) is 2. The van der Waals surface area contributed by atoms with Crippen LogP contribution in [0.3, 0.4) is 0 Å². The van der Waals surface area contributed by atoms with E-state index in [0.29, 0.717) is 12.6 Å². The third-order valence-corrected chi connectivity index (χ3v) is 5.31. The van der Waals surface area contributed by atoms with E-state index < -0.39 is 0 Å². The number of halogens is 2. The van der Waals surface area contributed by atoms with Crippen molar-refractivity contribution in [1.82, 2.24) is 9.80 Å². The van der Waals surface area contributed by atoms with Gasteiger partial charge in [-0.05, 0) is 50.6 Å². The largest absolute Gasteiger partial charge is 0.329 e. The van der Waals surface area contributed by atoms with E-state index in [2.05, 4.69) is 25.7 Å². The summed E-state index contributed by atoms with van der Waals surface area (Å²) < 4.78 is 15.1. The van der Waals surface area contributed by atoms with Gasteiger partial charge in [-0.2, -0.15) is 0 Å². The fourth-order valence-corrected chi connectivity index (χ4v) is 4.14. The van der Waals surface area contributed by atoms with Crippen molar-refractivity contribution in [2.75, 3.05) is 32.7 Å². The molecule has 0 bridgehead atoms. The predicted octanol–water partition coefficient (Wildman–Crippen LogP) is 2.76. The van der Waals surface area contributed by atoms with Crippen molar-refractivity contribution in [2.24, 2.45) is 5.73 Å². The first kappa shape index (κ1) is 15.4. The van der Waals surface area contributed by atoms with Crippen LogP contribution in [0.4, 0.5) is 4.39 Å². The molecular weight excluding hydrogens is 333 g/mol. The van der Waals surface area contributed by atoms with Gasteiger partial charge >= 0.3 is 0 Å². The smallest absolute Gasteiger partial charge is 0.128 e. The van der Waals surface area contributed by atoms with Crippen molar-refractivity contribution >= 4 is 15.9 Å². The summed E-state index contributed by atoms with van der Waals surface area (Å²) in [6.07, 6.45) is 3.69. The van der Waals surface area contributed by atoms with Gasteiger partial charge < -0.3 is 5.73 Å². The maximum Gasteiger partial charge on any atom is 0.128 e. The van der Waals surface area contributed by atoms with Crippen LogP contribution in [0.5, 0.6) is 0 Å². The van der Waals surface area contributed by atoms with Crippen LogP contribution in [-0.4, -0.2) is 48.6 Å². The zero-order valence-corrected chi connectivity index (χ0v) is 13.9. The standard InChI is InChI=1S/C16H23BrFN3/c17-12-4-5-15(18)14(9-12)16(10-19)21-8-2-7-20-6-1-3-13(20)11-21/h4-5,9,13,16H,1-3,6-8,10-11,19H2. The fraction of sp³-hybridized carbons (Fsp3) is 0.625. The van der Waals surface area contributed by atoms with Gasteiger partial charge in [-0.25, -0.2) is 4.39 Å². The van der Waals surface area contributed by atoms with E-state index in [0.717, 1.165) is 29.5 Å². The number of rotatable bonds is 3. The number of hydrogen-bond acceptors (Lipinski definition) is 3. The van der Waals surface area contributed by atoms with Gasteiger partial charge in [0.05, 0.1) is 0 Å². The van der Waals surface area contributed by atoms with Crippen LogP contribution in [0.15, 0.2) is 22.7 Å². The first-order chi connectivity index (χ1) is 10.2. The summed E-state index contributed by atoms with van der Waals surface area (Å²) in [7, 11) is 0. The molecule has 3 rings (SSSR count). The minimum atomic E-state index is -0.152. The van der Waals surface area contributed by atoms with Crippen LogP contribution in [-0.2, 0) is 0 Å². The molecule has 2 N–H and O–H groups in total. The normalized spacial score (nSPS) is 25.6. The van der Waals surface area contributed by atoms with Crippen LogP contribution in [0.1, 0.15) is 30.9 Å². The Hall–Kier alpha value is -0.490. The van der Waals surface area contributed by atoms with Gasteiger partial charge in [0, 0.05) is 41.8 Å². The number of nitrogens with two attached hydrogens (primary N) is 1. The van der Waals surface area contributed by atoms with E-state index in [4.69, 9.17) is 5.73 Å². The average molecular weight is 356 g/mol.